The Balaban J connectivity index is 3.64. The fourth-order valence-electron chi connectivity index (χ4n) is 1.38. The highest BCUT2D eigenvalue weighted by Gasteiger charge is 2.22. The molecule has 0 atom stereocenters. The van der Waals surface area contributed by atoms with Gasteiger partial charge in [0.15, 0.2) is 0 Å². The summed E-state index contributed by atoms with van der Waals surface area (Å²) in [5, 5.41) is 15.4. The van der Waals surface area contributed by atoms with E-state index in [-0.39, 0.29) is 6.03 Å². The van der Waals surface area contributed by atoms with Crippen molar-refractivity contribution in [2.24, 2.45) is 0 Å². The Bertz CT molecular complexity index is 191. The number of aliphatic hydroxyl groups is 1. The zero-order valence-electron chi connectivity index (χ0n) is 10.8. The molecule has 0 saturated heterocycles. The lowest BCUT2D eigenvalue weighted by Gasteiger charge is -2.25. The van der Waals surface area contributed by atoms with Crippen molar-refractivity contribution >= 4 is 6.03 Å². The summed E-state index contributed by atoms with van der Waals surface area (Å²) in [6.07, 6.45) is 4.60. The minimum absolute atomic E-state index is 0.184. The molecule has 0 aliphatic rings. The maximum atomic E-state index is 11.4. The highest BCUT2D eigenvalue weighted by molar-refractivity contribution is 5.73. The molecule has 0 saturated carbocycles. The molecule has 0 radical (unpaired) electrons. The highest BCUT2D eigenvalue weighted by Crippen LogP contribution is 2.12. The van der Waals surface area contributed by atoms with Gasteiger partial charge < -0.3 is 15.7 Å². The van der Waals surface area contributed by atoms with E-state index in [0.717, 1.165) is 19.3 Å². The second-order valence-electron chi connectivity index (χ2n) is 4.25. The zero-order valence-corrected chi connectivity index (χ0v) is 10.8. The van der Waals surface area contributed by atoms with Crippen LogP contribution in [0.5, 0.6) is 0 Å². The van der Waals surface area contributed by atoms with E-state index in [9.17, 15) is 9.90 Å². The predicted molar refractivity (Wildman–Crippen MR) is 66.5 cm³/mol. The predicted octanol–water partition coefficient (Wildman–Crippen LogP) is 2.03. The molecule has 0 rings (SSSR count). The average molecular weight is 230 g/mol. The summed E-state index contributed by atoms with van der Waals surface area (Å²) in [4.78, 5) is 11.4. The maximum absolute atomic E-state index is 11.4. The van der Waals surface area contributed by atoms with Crippen molar-refractivity contribution in [2.75, 3.05) is 13.1 Å². The van der Waals surface area contributed by atoms with Crippen LogP contribution < -0.4 is 10.6 Å². The van der Waals surface area contributed by atoms with Crippen molar-refractivity contribution in [3.05, 3.63) is 0 Å². The van der Waals surface area contributed by atoms with Crippen molar-refractivity contribution in [1.29, 1.82) is 0 Å². The van der Waals surface area contributed by atoms with Crippen LogP contribution in [0.1, 0.15) is 52.9 Å². The summed E-state index contributed by atoms with van der Waals surface area (Å²) in [5.74, 6) is 0. The first kappa shape index (κ1) is 15.2. The molecule has 0 aromatic carbocycles. The minimum Gasteiger partial charge on any atom is -0.388 e. The molecule has 4 nitrogen and oxygen atoms in total. The van der Waals surface area contributed by atoms with Crippen molar-refractivity contribution in [2.45, 2.75) is 58.5 Å². The standard InChI is InChI=1S/C12H26N2O2/c1-4-7-8-9-13-11(15)14-10-12(16,5-2)6-3/h16H,4-10H2,1-3H3,(H2,13,14,15). The van der Waals surface area contributed by atoms with Gasteiger partial charge in [-0.3, -0.25) is 0 Å². The van der Waals surface area contributed by atoms with Gasteiger partial charge in [-0.05, 0) is 19.3 Å². The lowest BCUT2D eigenvalue weighted by Crippen LogP contribution is -2.46. The van der Waals surface area contributed by atoms with Crippen molar-refractivity contribution < 1.29 is 9.90 Å². The van der Waals surface area contributed by atoms with E-state index >= 15 is 0 Å². The monoisotopic (exact) mass is 230 g/mol. The van der Waals surface area contributed by atoms with Crippen LogP contribution in [0.3, 0.4) is 0 Å². The molecular weight excluding hydrogens is 204 g/mol. The fourth-order valence-corrected chi connectivity index (χ4v) is 1.38. The highest BCUT2D eigenvalue weighted by atomic mass is 16.3. The number of amides is 2. The Kier molecular flexibility index (Phi) is 7.99. The quantitative estimate of drug-likeness (QED) is 0.559. The van der Waals surface area contributed by atoms with E-state index in [1.165, 1.54) is 0 Å². The largest absolute Gasteiger partial charge is 0.388 e. The second kappa shape index (κ2) is 8.39. The first-order valence-corrected chi connectivity index (χ1v) is 6.32. The van der Waals surface area contributed by atoms with Crippen molar-refractivity contribution in [1.82, 2.24) is 10.6 Å². The Morgan fingerprint density at radius 3 is 2.25 bits per heavy atom. The number of urea groups is 1. The Morgan fingerprint density at radius 1 is 1.12 bits per heavy atom. The van der Waals surface area contributed by atoms with E-state index in [1.807, 2.05) is 13.8 Å². The molecule has 0 bridgehead atoms. The molecular formula is C12H26N2O2. The van der Waals surface area contributed by atoms with Gasteiger partial charge in [0.05, 0.1) is 5.60 Å². The van der Waals surface area contributed by atoms with Crippen molar-refractivity contribution in [3.63, 3.8) is 0 Å². The molecule has 0 spiro atoms. The maximum Gasteiger partial charge on any atom is 0.314 e. The molecule has 0 unspecified atom stereocenters. The van der Waals surface area contributed by atoms with Gasteiger partial charge in [0.25, 0.3) is 0 Å². The van der Waals surface area contributed by atoms with Gasteiger partial charge >= 0.3 is 6.03 Å². The summed E-state index contributed by atoms with van der Waals surface area (Å²) in [6, 6.07) is -0.184. The van der Waals surface area contributed by atoms with Gasteiger partial charge in [-0.2, -0.15) is 0 Å². The number of carbonyl (C=O) groups is 1. The Hall–Kier alpha value is -0.770. The molecule has 0 aliphatic heterocycles. The fraction of sp³-hybridized carbons (Fsp3) is 0.917. The lowest BCUT2D eigenvalue weighted by atomic mass is 9.98. The van der Waals surface area contributed by atoms with Gasteiger partial charge in [0, 0.05) is 13.1 Å². The normalized spacial score (nSPS) is 11.2. The average Bonchev–Trinajstić information content (AvgIpc) is 2.31. The van der Waals surface area contributed by atoms with Crippen LogP contribution in [0, 0.1) is 0 Å². The van der Waals surface area contributed by atoms with E-state index in [4.69, 9.17) is 0 Å². The van der Waals surface area contributed by atoms with Gasteiger partial charge in [-0.1, -0.05) is 33.6 Å². The first-order valence-electron chi connectivity index (χ1n) is 6.32. The first-order chi connectivity index (χ1) is 7.58. The van der Waals surface area contributed by atoms with Crippen LogP contribution >= 0.6 is 0 Å². The number of carbonyl (C=O) groups excluding carboxylic acids is 1. The molecule has 16 heavy (non-hydrogen) atoms. The van der Waals surface area contributed by atoms with E-state index in [2.05, 4.69) is 17.6 Å². The molecule has 3 N–H and O–H groups in total. The van der Waals surface area contributed by atoms with Crippen LogP contribution in [0.4, 0.5) is 4.79 Å². The summed E-state index contributed by atoms with van der Waals surface area (Å²) in [7, 11) is 0. The summed E-state index contributed by atoms with van der Waals surface area (Å²) in [6.45, 7) is 6.99. The van der Waals surface area contributed by atoms with Crippen LogP contribution in [0.2, 0.25) is 0 Å². The summed E-state index contributed by atoms with van der Waals surface area (Å²) >= 11 is 0. The van der Waals surface area contributed by atoms with E-state index in [1.54, 1.807) is 0 Å². The van der Waals surface area contributed by atoms with Crippen LogP contribution in [0.15, 0.2) is 0 Å². The molecule has 96 valence electrons. The van der Waals surface area contributed by atoms with Crippen LogP contribution in [-0.4, -0.2) is 29.8 Å². The molecule has 0 fully saturated rings. The third-order valence-electron chi connectivity index (χ3n) is 2.96. The molecule has 0 heterocycles. The summed E-state index contributed by atoms with van der Waals surface area (Å²) in [5.41, 5.74) is -0.763. The third-order valence-corrected chi connectivity index (χ3v) is 2.96. The van der Waals surface area contributed by atoms with Gasteiger partial charge in [-0.15, -0.1) is 0 Å². The minimum atomic E-state index is -0.763. The molecule has 0 aliphatic carbocycles. The number of unbranched alkanes of at least 4 members (excludes halogenated alkanes) is 2. The number of hydrogen-bond donors (Lipinski definition) is 3. The molecule has 0 aromatic heterocycles. The Labute approximate surface area is 98.8 Å². The summed E-state index contributed by atoms with van der Waals surface area (Å²) < 4.78 is 0. The molecule has 0 aromatic rings. The Morgan fingerprint density at radius 2 is 1.75 bits per heavy atom. The lowest BCUT2D eigenvalue weighted by molar-refractivity contribution is 0.0349. The number of rotatable bonds is 8. The molecule has 2 amide bonds. The number of hydrogen-bond acceptors (Lipinski definition) is 2. The van der Waals surface area contributed by atoms with Crippen molar-refractivity contribution in [3.8, 4) is 0 Å². The SMILES string of the molecule is CCCCCNC(=O)NCC(O)(CC)CC. The number of nitrogens with one attached hydrogen (secondary N) is 2. The smallest absolute Gasteiger partial charge is 0.314 e. The topological polar surface area (TPSA) is 61.4 Å². The zero-order chi connectivity index (χ0) is 12.4. The third kappa shape index (κ3) is 6.67. The van der Waals surface area contributed by atoms with Crippen LogP contribution in [0.25, 0.3) is 0 Å². The van der Waals surface area contributed by atoms with E-state index in [0.29, 0.717) is 25.9 Å². The van der Waals surface area contributed by atoms with E-state index < -0.39 is 5.60 Å². The van der Waals surface area contributed by atoms with Gasteiger partial charge in [0.1, 0.15) is 0 Å². The second-order valence-corrected chi connectivity index (χ2v) is 4.25. The molecule has 4 heteroatoms. The van der Waals surface area contributed by atoms with Gasteiger partial charge in [0.2, 0.25) is 0 Å². The van der Waals surface area contributed by atoms with Gasteiger partial charge in [-0.25, -0.2) is 4.79 Å². The van der Waals surface area contributed by atoms with Crippen LogP contribution in [-0.2, 0) is 0 Å².